The first-order chi connectivity index (χ1) is 15.4. The number of anilines is 1. The lowest BCUT2D eigenvalue weighted by molar-refractivity contribution is -0.118. The molecule has 2 aromatic carbocycles. The molecule has 4 nitrogen and oxygen atoms in total. The Bertz CT molecular complexity index is 1260. The number of carbonyl (C=O) groups is 1. The van der Waals surface area contributed by atoms with Gasteiger partial charge in [0.1, 0.15) is 6.04 Å². The summed E-state index contributed by atoms with van der Waals surface area (Å²) >= 11 is 1.66. The summed E-state index contributed by atoms with van der Waals surface area (Å²) in [4.78, 5) is 26.3. The average Bonchev–Trinajstić information content (AvgIpc) is 3.50. The quantitative estimate of drug-likeness (QED) is 0.563. The maximum Gasteiger partial charge on any atom is 0.252 e. The number of rotatable bonds is 5. The predicted octanol–water partition coefficient (Wildman–Crippen LogP) is 5.53. The van der Waals surface area contributed by atoms with E-state index in [0.717, 1.165) is 41.1 Å². The van der Waals surface area contributed by atoms with Crippen molar-refractivity contribution in [2.75, 3.05) is 11.1 Å². The average molecular weight is 445 g/mol. The van der Waals surface area contributed by atoms with Gasteiger partial charge >= 0.3 is 0 Å². The van der Waals surface area contributed by atoms with Crippen molar-refractivity contribution in [2.24, 2.45) is 0 Å². The maximum absolute atomic E-state index is 13.3. The van der Waals surface area contributed by atoms with Crippen LogP contribution in [-0.2, 0) is 11.2 Å². The lowest BCUT2D eigenvalue weighted by atomic mass is 9.94. The molecule has 5 heteroatoms. The topological polar surface area (TPSA) is 51.1 Å². The van der Waals surface area contributed by atoms with Crippen molar-refractivity contribution in [3.05, 3.63) is 92.3 Å². The largest absolute Gasteiger partial charge is 0.324 e. The van der Waals surface area contributed by atoms with Gasteiger partial charge in [-0.15, -0.1) is 11.8 Å². The molecule has 1 atom stereocenters. The number of amides is 1. The second-order valence-electron chi connectivity index (χ2n) is 9.09. The molecule has 1 unspecified atom stereocenters. The zero-order valence-corrected chi connectivity index (χ0v) is 19.6. The molecule has 32 heavy (non-hydrogen) atoms. The smallest absolute Gasteiger partial charge is 0.252 e. The van der Waals surface area contributed by atoms with Crippen LogP contribution >= 0.6 is 11.8 Å². The first kappa shape index (κ1) is 21.1. The molecule has 0 bridgehead atoms. The van der Waals surface area contributed by atoms with Crippen LogP contribution in [0.2, 0.25) is 0 Å². The SMILES string of the molecule is Cc1ccc(NC(=O)C2CSc3c(C4CC4)c(Cc4cccc(C)c4C)cc(=O)n32)cc1. The Hall–Kier alpha value is -2.79. The second kappa shape index (κ2) is 8.28. The summed E-state index contributed by atoms with van der Waals surface area (Å²) in [5.74, 6) is 0.981. The molecule has 1 N–H and O–H groups in total. The third-order valence-electron chi connectivity index (χ3n) is 6.72. The number of benzene rings is 2. The van der Waals surface area contributed by atoms with Crippen LogP contribution in [0.25, 0.3) is 0 Å². The summed E-state index contributed by atoms with van der Waals surface area (Å²) in [5, 5.41) is 4.00. The van der Waals surface area contributed by atoms with Gasteiger partial charge < -0.3 is 5.32 Å². The number of nitrogens with one attached hydrogen (secondary N) is 1. The number of aryl methyl sites for hydroxylation is 2. The van der Waals surface area contributed by atoms with Crippen molar-refractivity contribution in [2.45, 2.75) is 57.0 Å². The number of hydrogen-bond donors (Lipinski definition) is 1. The number of nitrogens with zero attached hydrogens (tertiary/aromatic N) is 1. The Morgan fingerprint density at radius 3 is 2.53 bits per heavy atom. The standard InChI is InChI=1S/C27H28N2O2S/c1-16-7-11-22(12-8-16)28-26(31)23-15-32-27-25(19-9-10-19)21(14-24(30)29(23)27)13-20-6-4-5-17(2)18(20)3/h4-8,11-12,14,19,23H,9-10,13,15H2,1-3H3,(H,28,31). The Morgan fingerprint density at radius 1 is 1.06 bits per heavy atom. The molecular formula is C27H28N2O2S. The zero-order chi connectivity index (χ0) is 22.4. The van der Waals surface area contributed by atoms with Gasteiger partial charge in [-0.05, 0) is 85.9 Å². The van der Waals surface area contributed by atoms with E-state index in [0.29, 0.717) is 11.7 Å². The van der Waals surface area contributed by atoms with Crippen molar-refractivity contribution in [1.29, 1.82) is 0 Å². The molecular weight excluding hydrogens is 416 g/mol. The summed E-state index contributed by atoms with van der Waals surface area (Å²) in [7, 11) is 0. The summed E-state index contributed by atoms with van der Waals surface area (Å²) < 4.78 is 1.74. The molecule has 1 fully saturated rings. The van der Waals surface area contributed by atoms with Crippen molar-refractivity contribution in [1.82, 2.24) is 4.57 Å². The fourth-order valence-electron chi connectivity index (χ4n) is 4.56. The van der Waals surface area contributed by atoms with Gasteiger partial charge in [0.05, 0.1) is 5.03 Å². The van der Waals surface area contributed by atoms with Gasteiger partial charge in [-0.25, -0.2) is 0 Å². The monoisotopic (exact) mass is 444 g/mol. The van der Waals surface area contributed by atoms with E-state index in [1.807, 2.05) is 31.2 Å². The van der Waals surface area contributed by atoms with Crippen molar-refractivity contribution in [3.63, 3.8) is 0 Å². The van der Waals surface area contributed by atoms with Crippen LogP contribution in [0.3, 0.4) is 0 Å². The van der Waals surface area contributed by atoms with Crippen LogP contribution in [0.5, 0.6) is 0 Å². The van der Waals surface area contributed by atoms with Crippen LogP contribution in [0.15, 0.2) is 58.4 Å². The van der Waals surface area contributed by atoms with Crippen LogP contribution in [0.4, 0.5) is 5.69 Å². The van der Waals surface area contributed by atoms with E-state index in [4.69, 9.17) is 0 Å². The molecule has 1 aliphatic heterocycles. The molecule has 1 amide bonds. The molecule has 0 saturated heterocycles. The van der Waals surface area contributed by atoms with E-state index < -0.39 is 6.04 Å². The Morgan fingerprint density at radius 2 is 1.81 bits per heavy atom. The van der Waals surface area contributed by atoms with Gasteiger partial charge in [-0.2, -0.15) is 0 Å². The number of hydrogen-bond acceptors (Lipinski definition) is 3. The van der Waals surface area contributed by atoms with Crippen molar-refractivity contribution >= 4 is 23.4 Å². The van der Waals surface area contributed by atoms with Gasteiger partial charge in [-0.1, -0.05) is 35.9 Å². The van der Waals surface area contributed by atoms with E-state index in [1.165, 1.54) is 22.3 Å². The Balaban J connectivity index is 1.50. The summed E-state index contributed by atoms with van der Waals surface area (Å²) in [6.07, 6.45) is 3.08. The first-order valence-electron chi connectivity index (χ1n) is 11.3. The van der Waals surface area contributed by atoms with E-state index in [-0.39, 0.29) is 11.5 Å². The molecule has 164 valence electrons. The predicted molar refractivity (Wildman–Crippen MR) is 131 cm³/mol. The van der Waals surface area contributed by atoms with Crippen molar-refractivity contribution < 1.29 is 4.79 Å². The molecule has 0 radical (unpaired) electrons. The third-order valence-corrected chi connectivity index (χ3v) is 7.90. The van der Waals surface area contributed by atoms with Gasteiger partial charge in [0.2, 0.25) is 5.91 Å². The molecule has 1 aromatic heterocycles. The highest BCUT2D eigenvalue weighted by Gasteiger charge is 2.37. The van der Waals surface area contributed by atoms with E-state index in [1.54, 1.807) is 22.4 Å². The Labute approximate surface area is 193 Å². The highest BCUT2D eigenvalue weighted by Crippen LogP contribution is 2.48. The zero-order valence-electron chi connectivity index (χ0n) is 18.8. The number of thioether (sulfide) groups is 1. The second-order valence-corrected chi connectivity index (χ2v) is 10.1. The first-order valence-corrected chi connectivity index (χ1v) is 12.2. The Kier molecular flexibility index (Phi) is 5.46. The van der Waals surface area contributed by atoms with Crippen LogP contribution < -0.4 is 10.9 Å². The van der Waals surface area contributed by atoms with Gasteiger partial charge in [0.15, 0.2) is 0 Å². The molecule has 2 aliphatic rings. The highest BCUT2D eigenvalue weighted by molar-refractivity contribution is 7.99. The summed E-state index contributed by atoms with van der Waals surface area (Å²) in [6.45, 7) is 6.30. The number of aromatic nitrogens is 1. The molecule has 2 heterocycles. The van der Waals surface area contributed by atoms with Crippen LogP contribution in [0, 0.1) is 20.8 Å². The third kappa shape index (κ3) is 3.90. The van der Waals surface area contributed by atoms with E-state index >= 15 is 0 Å². The minimum Gasteiger partial charge on any atom is -0.324 e. The molecule has 1 saturated carbocycles. The van der Waals surface area contributed by atoms with E-state index in [2.05, 4.69) is 37.4 Å². The lowest BCUT2D eigenvalue weighted by Gasteiger charge is -2.19. The fourth-order valence-corrected chi connectivity index (χ4v) is 5.98. The normalized spacial score (nSPS) is 17.3. The highest BCUT2D eigenvalue weighted by atomic mass is 32.2. The lowest BCUT2D eigenvalue weighted by Crippen LogP contribution is -2.33. The van der Waals surface area contributed by atoms with Gasteiger partial charge in [0, 0.05) is 17.5 Å². The fraction of sp³-hybridized carbons (Fsp3) is 0.333. The van der Waals surface area contributed by atoms with Crippen LogP contribution in [0.1, 0.15) is 58.2 Å². The van der Waals surface area contributed by atoms with Crippen LogP contribution in [-0.4, -0.2) is 16.2 Å². The summed E-state index contributed by atoms with van der Waals surface area (Å²) in [5.41, 5.74) is 8.10. The van der Waals surface area contributed by atoms with E-state index in [9.17, 15) is 9.59 Å². The number of fused-ring (bicyclic) bond motifs is 1. The molecule has 5 rings (SSSR count). The molecule has 1 aliphatic carbocycles. The van der Waals surface area contributed by atoms with Gasteiger partial charge in [0.25, 0.3) is 5.56 Å². The minimum absolute atomic E-state index is 0.0706. The number of pyridine rings is 1. The van der Waals surface area contributed by atoms with Crippen molar-refractivity contribution in [3.8, 4) is 0 Å². The molecule has 0 spiro atoms. The van der Waals surface area contributed by atoms with Gasteiger partial charge in [-0.3, -0.25) is 14.2 Å². The minimum atomic E-state index is -0.476. The maximum atomic E-state index is 13.3. The number of carbonyl (C=O) groups excluding carboxylic acids is 1. The summed E-state index contributed by atoms with van der Waals surface area (Å²) in [6, 6.07) is 15.5. The molecule has 3 aromatic rings.